The maximum atomic E-state index is 13.6. The second kappa shape index (κ2) is 16.4. The number of rotatable bonds is 11. The molecule has 2 unspecified atom stereocenters. The second-order valence-corrected chi connectivity index (χ2v) is 15.7. The Morgan fingerprint density at radius 1 is 1.00 bits per heavy atom. The van der Waals surface area contributed by atoms with Crippen molar-refractivity contribution in [3.05, 3.63) is 83.5 Å². The molecule has 1 aliphatic carbocycles. The summed E-state index contributed by atoms with van der Waals surface area (Å²) in [6, 6.07) is 11.4. The van der Waals surface area contributed by atoms with E-state index in [1.807, 2.05) is 60.8 Å². The van der Waals surface area contributed by atoms with E-state index < -0.39 is 5.41 Å². The molecule has 2 fully saturated rings. The highest BCUT2D eigenvalue weighted by Crippen LogP contribution is 2.38. The number of pyridine rings is 1. The van der Waals surface area contributed by atoms with Gasteiger partial charge in [0.15, 0.2) is 0 Å². The smallest absolute Gasteiger partial charge is 0.320 e. The summed E-state index contributed by atoms with van der Waals surface area (Å²) in [5.41, 5.74) is 2.88. The lowest BCUT2D eigenvalue weighted by atomic mass is 9.85. The SMILES string of the molecule is CN(C)C1CN(CCn2cc(N/C(=C\C(=N)C(C)(C)C)NC(=O)NC3CCC(Oc4ccc(=N)n(C(=N)N5CCCCC5)c4)c4ccccc43)cn2)C1. The van der Waals surface area contributed by atoms with E-state index in [0.29, 0.717) is 42.1 Å². The standard InChI is InChI=1S/C39H56N12O2/c1-39(2,3)34(40)21-36(44-27-22-43-50(23-27)20-19-48-24-28(25-48)47(4)5)46-38(52)45-32-14-15-33(31-12-8-7-11-30(31)32)53-29-13-16-35(41)51(26-29)37(42)49-17-9-6-10-18-49/h7-8,11-13,16,21-23,26,28,32-33,40-42,44H,6,9-10,14-15,17-20,24-25H2,1-5H3,(H2,45,46,52)/b36-21+,40-34?,41-35?,42-37?. The lowest BCUT2D eigenvalue weighted by molar-refractivity contribution is 0.0601. The Bertz CT molecular complexity index is 1860. The number of amides is 2. The molecule has 2 aliphatic heterocycles. The Morgan fingerprint density at radius 3 is 2.45 bits per heavy atom. The van der Waals surface area contributed by atoms with E-state index >= 15 is 0 Å². The molecule has 0 saturated carbocycles. The molecule has 0 radical (unpaired) electrons. The Kier molecular flexibility index (Phi) is 11.7. The largest absolute Gasteiger partial charge is 0.484 e. The molecule has 14 nitrogen and oxygen atoms in total. The van der Waals surface area contributed by atoms with Crippen molar-refractivity contribution in [3.8, 4) is 5.75 Å². The van der Waals surface area contributed by atoms with E-state index in [1.165, 1.54) is 6.42 Å². The minimum absolute atomic E-state index is 0.238. The number of ether oxygens (including phenoxy) is 1. The van der Waals surface area contributed by atoms with Crippen molar-refractivity contribution in [3.63, 3.8) is 0 Å². The van der Waals surface area contributed by atoms with Crippen LogP contribution < -0.4 is 26.2 Å². The number of piperidine rings is 1. The van der Waals surface area contributed by atoms with Gasteiger partial charge in [-0.1, -0.05) is 45.0 Å². The maximum absolute atomic E-state index is 13.6. The molecule has 2 amide bonds. The average molecular weight is 725 g/mol. The van der Waals surface area contributed by atoms with E-state index in [4.69, 9.17) is 21.0 Å². The van der Waals surface area contributed by atoms with Gasteiger partial charge in [-0.25, -0.2) is 4.79 Å². The predicted octanol–water partition coefficient (Wildman–Crippen LogP) is 4.95. The van der Waals surface area contributed by atoms with Crippen LogP contribution in [0.3, 0.4) is 0 Å². The molecular weight excluding hydrogens is 669 g/mol. The fourth-order valence-electron chi connectivity index (χ4n) is 6.95. The van der Waals surface area contributed by atoms with E-state index in [2.05, 4.69) is 44.9 Å². The molecule has 6 N–H and O–H groups in total. The zero-order chi connectivity index (χ0) is 37.7. The Balaban J connectivity index is 1.10. The highest BCUT2D eigenvalue weighted by atomic mass is 16.5. The van der Waals surface area contributed by atoms with Crippen LogP contribution in [0.5, 0.6) is 5.75 Å². The van der Waals surface area contributed by atoms with Gasteiger partial charge in [-0.3, -0.25) is 30.3 Å². The summed E-state index contributed by atoms with van der Waals surface area (Å²) < 4.78 is 10.0. The van der Waals surface area contributed by atoms with Crippen LogP contribution in [0.1, 0.15) is 76.1 Å². The van der Waals surface area contributed by atoms with E-state index in [1.54, 1.807) is 35.2 Å². The molecule has 3 aliphatic rings. The Hall–Kier alpha value is -4.95. The van der Waals surface area contributed by atoms with Gasteiger partial charge in [0.1, 0.15) is 23.2 Å². The van der Waals surface area contributed by atoms with Crippen LogP contribution in [0.4, 0.5) is 10.5 Å². The molecule has 2 saturated heterocycles. The molecular formula is C39H56N12O2. The second-order valence-electron chi connectivity index (χ2n) is 15.7. The van der Waals surface area contributed by atoms with Gasteiger partial charge in [0.05, 0.1) is 30.7 Å². The van der Waals surface area contributed by atoms with Gasteiger partial charge >= 0.3 is 6.03 Å². The van der Waals surface area contributed by atoms with Crippen LogP contribution in [0, 0.1) is 21.6 Å². The number of hydrogen-bond acceptors (Lipinski definition) is 9. The molecule has 1 aromatic carbocycles. The van der Waals surface area contributed by atoms with Crippen LogP contribution in [0.15, 0.2) is 66.9 Å². The van der Waals surface area contributed by atoms with Gasteiger partial charge < -0.3 is 30.6 Å². The van der Waals surface area contributed by atoms with E-state index in [-0.39, 0.29) is 23.7 Å². The number of likely N-dealkylation sites (tertiary alicyclic amines) is 2. The van der Waals surface area contributed by atoms with Crippen LogP contribution in [-0.4, -0.2) is 99.6 Å². The lowest BCUT2D eigenvalue weighted by Crippen LogP contribution is -2.57. The normalized spacial score (nSPS) is 19.7. The first-order valence-electron chi connectivity index (χ1n) is 18.8. The summed E-state index contributed by atoms with van der Waals surface area (Å²) >= 11 is 0. The third-order valence-electron chi connectivity index (χ3n) is 10.4. The number of nitrogens with one attached hydrogen (secondary N) is 6. The number of urea groups is 1. The number of carbonyl (C=O) groups is 1. The van der Waals surface area contributed by atoms with Crippen molar-refractivity contribution in [1.82, 2.24) is 39.7 Å². The van der Waals surface area contributed by atoms with Gasteiger partial charge in [-0.15, -0.1) is 0 Å². The Labute approximate surface area is 312 Å². The fourth-order valence-corrected chi connectivity index (χ4v) is 6.95. The first-order chi connectivity index (χ1) is 25.3. The summed E-state index contributed by atoms with van der Waals surface area (Å²) in [5, 5.41) is 39.9. The molecule has 0 bridgehead atoms. The van der Waals surface area contributed by atoms with E-state index in [9.17, 15) is 4.79 Å². The number of anilines is 1. The molecule has 53 heavy (non-hydrogen) atoms. The number of carbonyl (C=O) groups excluding carboxylic acids is 1. The maximum Gasteiger partial charge on any atom is 0.320 e. The molecule has 6 rings (SSSR count). The zero-order valence-electron chi connectivity index (χ0n) is 31.8. The first-order valence-corrected chi connectivity index (χ1v) is 18.8. The van der Waals surface area contributed by atoms with Crippen molar-refractivity contribution >= 4 is 23.4 Å². The van der Waals surface area contributed by atoms with Gasteiger partial charge in [-0.2, -0.15) is 5.10 Å². The average Bonchev–Trinajstić information content (AvgIpc) is 3.55. The van der Waals surface area contributed by atoms with Gasteiger partial charge in [0.25, 0.3) is 0 Å². The monoisotopic (exact) mass is 724 g/mol. The van der Waals surface area contributed by atoms with Gasteiger partial charge in [-0.05, 0) is 69.5 Å². The number of aromatic nitrogens is 3. The van der Waals surface area contributed by atoms with Gasteiger partial charge in [0.2, 0.25) is 5.96 Å². The Morgan fingerprint density at radius 2 is 1.74 bits per heavy atom. The van der Waals surface area contributed by atoms with Crippen LogP contribution in [0.2, 0.25) is 0 Å². The van der Waals surface area contributed by atoms with Crippen LogP contribution in [-0.2, 0) is 6.54 Å². The number of benzene rings is 1. The van der Waals surface area contributed by atoms with Crippen molar-refractivity contribution in [2.45, 2.75) is 77.6 Å². The van der Waals surface area contributed by atoms with Crippen LogP contribution in [0.25, 0.3) is 0 Å². The molecule has 284 valence electrons. The number of fused-ring (bicyclic) bond motifs is 1. The molecule has 3 aromatic rings. The van der Waals surface area contributed by atoms with Crippen LogP contribution >= 0.6 is 0 Å². The predicted molar refractivity (Wildman–Crippen MR) is 207 cm³/mol. The van der Waals surface area contributed by atoms with Crippen molar-refractivity contribution in [1.29, 1.82) is 16.2 Å². The molecule has 0 spiro atoms. The molecule has 4 heterocycles. The third-order valence-corrected chi connectivity index (χ3v) is 10.4. The minimum Gasteiger partial charge on any atom is -0.484 e. The summed E-state index contributed by atoms with van der Waals surface area (Å²) in [5.74, 6) is 1.29. The van der Waals surface area contributed by atoms with Crippen molar-refractivity contribution < 1.29 is 9.53 Å². The first kappa shape index (κ1) is 37.8. The van der Waals surface area contributed by atoms with Crippen molar-refractivity contribution in [2.24, 2.45) is 5.41 Å². The third kappa shape index (κ3) is 9.54. The summed E-state index contributed by atoms with van der Waals surface area (Å²) in [4.78, 5) is 20.3. The molecule has 14 heteroatoms. The summed E-state index contributed by atoms with van der Waals surface area (Å²) in [6.07, 6.45) is 11.4. The van der Waals surface area contributed by atoms with E-state index in [0.717, 1.165) is 68.9 Å². The highest BCUT2D eigenvalue weighted by molar-refractivity contribution is 5.97. The number of nitrogens with zero attached hydrogens (tertiary/aromatic N) is 6. The minimum atomic E-state index is -0.414. The quantitative estimate of drug-likeness (QED) is 0.120. The zero-order valence-corrected chi connectivity index (χ0v) is 31.8. The van der Waals surface area contributed by atoms with Crippen molar-refractivity contribution in [2.75, 3.05) is 52.1 Å². The highest BCUT2D eigenvalue weighted by Gasteiger charge is 2.30. The number of likely N-dealkylation sites (N-methyl/N-ethyl adjacent to an activating group) is 1. The summed E-state index contributed by atoms with van der Waals surface area (Å²) in [7, 11) is 4.24. The molecule has 2 aromatic heterocycles. The number of hydrogen-bond donors (Lipinski definition) is 6. The molecule has 2 atom stereocenters. The summed E-state index contributed by atoms with van der Waals surface area (Å²) in [6.45, 7) is 11.3. The number of allylic oxidation sites excluding steroid dienone is 1. The topological polar surface area (TPSA) is 166 Å². The lowest BCUT2D eigenvalue weighted by Gasteiger charge is -2.42. The van der Waals surface area contributed by atoms with Gasteiger partial charge in [0, 0.05) is 62.2 Å². The fraction of sp³-hybridized carbons (Fsp3) is 0.513.